The van der Waals surface area contributed by atoms with Gasteiger partial charge in [-0.15, -0.1) is 24.8 Å². The van der Waals surface area contributed by atoms with Gasteiger partial charge >= 0.3 is 0 Å². The summed E-state index contributed by atoms with van der Waals surface area (Å²) in [6.45, 7) is 1.90. The minimum atomic E-state index is -1.10. The van der Waals surface area contributed by atoms with E-state index in [2.05, 4.69) is 0 Å². The lowest BCUT2D eigenvalue weighted by molar-refractivity contribution is -0.0453. The second-order valence-corrected chi connectivity index (χ2v) is 1.27. The molecule has 54 valence electrons. The van der Waals surface area contributed by atoms with E-state index in [0.29, 0.717) is 6.42 Å². The van der Waals surface area contributed by atoms with E-state index in [0.717, 1.165) is 6.42 Å². The van der Waals surface area contributed by atoms with E-state index in [1.807, 2.05) is 6.92 Å². The molecule has 0 amide bonds. The molecule has 0 bridgehead atoms. The van der Waals surface area contributed by atoms with Crippen LogP contribution in [0.3, 0.4) is 0 Å². The Morgan fingerprint density at radius 3 is 1.62 bits per heavy atom. The van der Waals surface area contributed by atoms with Crippen LogP contribution in [0.4, 0.5) is 0 Å². The van der Waals surface area contributed by atoms with Crippen LogP contribution in [0.2, 0.25) is 0 Å². The number of aliphatic hydroxyl groups excluding tert-OH is 1. The molecule has 2 N–H and O–H groups in total. The van der Waals surface area contributed by atoms with Crippen LogP contribution < -0.4 is 0 Å². The lowest BCUT2D eigenvalue weighted by Crippen LogP contribution is -2.01. The smallest absolute Gasteiger partial charge is 0.151 e. The van der Waals surface area contributed by atoms with Crippen molar-refractivity contribution in [3.63, 3.8) is 0 Å². The molecule has 0 radical (unpaired) electrons. The summed E-state index contributed by atoms with van der Waals surface area (Å²) in [6.07, 6.45) is 0.215. The van der Waals surface area contributed by atoms with Gasteiger partial charge in [0.25, 0.3) is 0 Å². The fourth-order valence-electron chi connectivity index (χ4n) is 0.258. The van der Waals surface area contributed by atoms with Gasteiger partial charge in [-0.1, -0.05) is 13.3 Å². The number of rotatable bonds is 2. The highest BCUT2D eigenvalue weighted by Gasteiger charge is 1.89. The summed E-state index contributed by atoms with van der Waals surface area (Å²) in [5.41, 5.74) is 0. The molecule has 0 rings (SSSR count). The Hall–Kier alpha value is 0.500. The van der Waals surface area contributed by atoms with Crippen molar-refractivity contribution in [2.45, 2.75) is 26.1 Å². The van der Waals surface area contributed by atoms with Gasteiger partial charge in [-0.05, 0) is 6.42 Å². The Morgan fingerprint density at radius 1 is 1.25 bits per heavy atom. The van der Waals surface area contributed by atoms with Gasteiger partial charge in [-0.2, -0.15) is 0 Å². The minimum absolute atomic E-state index is 0. The zero-order valence-corrected chi connectivity index (χ0v) is 6.34. The molecule has 8 heavy (non-hydrogen) atoms. The fourth-order valence-corrected chi connectivity index (χ4v) is 0.258. The van der Waals surface area contributed by atoms with E-state index in [1.165, 1.54) is 0 Å². The third-order valence-corrected chi connectivity index (χ3v) is 0.547. The van der Waals surface area contributed by atoms with Gasteiger partial charge in [0.15, 0.2) is 6.29 Å². The first-order chi connectivity index (χ1) is 2.77. The fraction of sp³-hybridized carbons (Fsp3) is 1.00. The topological polar surface area (TPSA) is 40.5 Å². The van der Waals surface area contributed by atoms with Crippen LogP contribution in [0.1, 0.15) is 19.8 Å². The van der Waals surface area contributed by atoms with Crippen molar-refractivity contribution < 1.29 is 10.2 Å². The Bertz CT molecular complexity index is 33.2. The minimum Gasteiger partial charge on any atom is -0.368 e. The molecule has 0 aliphatic carbocycles. The van der Waals surface area contributed by atoms with Crippen molar-refractivity contribution in [2.75, 3.05) is 0 Å². The van der Waals surface area contributed by atoms with Gasteiger partial charge in [0, 0.05) is 0 Å². The Morgan fingerprint density at radius 2 is 1.62 bits per heavy atom. The van der Waals surface area contributed by atoms with Gasteiger partial charge in [0.05, 0.1) is 0 Å². The predicted octanol–water partition coefficient (Wildman–Crippen LogP) is 0.941. The maximum atomic E-state index is 8.11. The lowest BCUT2D eigenvalue weighted by atomic mass is 10.3. The zero-order chi connectivity index (χ0) is 4.99. The van der Waals surface area contributed by atoms with E-state index in [-0.39, 0.29) is 24.8 Å². The van der Waals surface area contributed by atoms with E-state index >= 15 is 0 Å². The van der Waals surface area contributed by atoms with Gasteiger partial charge in [-0.3, -0.25) is 0 Å². The van der Waals surface area contributed by atoms with E-state index in [9.17, 15) is 0 Å². The monoisotopic (exact) mass is 162 g/mol. The third kappa shape index (κ3) is 16.1. The largest absolute Gasteiger partial charge is 0.368 e. The molecule has 0 aliphatic rings. The highest BCUT2D eigenvalue weighted by molar-refractivity contribution is 5.85. The first kappa shape index (κ1) is 15.8. The van der Waals surface area contributed by atoms with E-state index in [4.69, 9.17) is 10.2 Å². The summed E-state index contributed by atoms with van der Waals surface area (Å²) in [5.74, 6) is 0. The molecular formula is C4H12Cl2O2. The molecule has 0 unspecified atom stereocenters. The predicted molar refractivity (Wildman–Crippen MR) is 37.6 cm³/mol. The summed E-state index contributed by atoms with van der Waals surface area (Å²) in [5, 5.41) is 16.2. The summed E-state index contributed by atoms with van der Waals surface area (Å²) >= 11 is 0. The number of halogens is 2. The molecule has 0 saturated heterocycles. The Balaban J connectivity index is -0.000000125. The molecule has 0 spiro atoms. The first-order valence-electron chi connectivity index (χ1n) is 2.13. The van der Waals surface area contributed by atoms with Gasteiger partial charge in [0.2, 0.25) is 0 Å². The molecule has 0 aliphatic heterocycles. The summed E-state index contributed by atoms with van der Waals surface area (Å²) < 4.78 is 0. The quantitative estimate of drug-likeness (QED) is 0.594. The third-order valence-electron chi connectivity index (χ3n) is 0.547. The van der Waals surface area contributed by atoms with E-state index < -0.39 is 6.29 Å². The Labute approximate surface area is 61.7 Å². The second kappa shape index (κ2) is 10.5. The SMILES string of the molecule is CCCC(O)O.Cl.Cl. The number of aliphatic hydroxyl groups is 2. The van der Waals surface area contributed by atoms with Crippen LogP contribution in [0.5, 0.6) is 0 Å². The molecule has 0 heterocycles. The van der Waals surface area contributed by atoms with Crippen LogP contribution in [0.15, 0.2) is 0 Å². The van der Waals surface area contributed by atoms with Crippen molar-refractivity contribution >= 4 is 24.8 Å². The molecule has 4 heteroatoms. The highest BCUT2D eigenvalue weighted by Crippen LogP contribution is 1.88. The van der Waals surface area contributed by atoms with Crippen molar-refractivity contribution in [3.05, 3.63) is 0 Å². The average Bonchev–Trinajstić information content (AvgIpc) is 1.35. The summed E-state index contributed by atoms with van der Waals surface area (Å²) in [4.78, 5) is 0. The zero-order valence-electron chi connectivity index (χ0n) is 4.70. The van der Waals surface area contributed by atoms with Gasteiger partial charge in [-0.25, -0.2) is 0 Å². The second-order valence-electron chi connectivity index (χ2n) is 1.27. The molecule has 0 aromatic carbocycles. The number of hydrogen-bond acceptors (Lipinski definition) is 2. The van der Waals surface area contributed by atoms with Crippen LogP contribution in [-0.4, -0.2) is 16.5 Å². The Kier molecular flexibility index (Phi) is 20.7. The maximum Gasteiger partial charge on any atom is 0.151 e. The molecular weight excluding hydrogens is 151 g/mol. The number of hydrogen-bond donors (Lipinski definition) is 2. The van der Waals surface area contributed by atoms with Crippen LogP contribution in [-0.2, 0) is 0 Å². The molecule has 0 atom stereocenters. The van der Waals surface area contributed by atoms with Crippen molar-refractivity contribution in [2.24, 2.45) is 0 Å². The average molecular weight is 163 g/mol. The van der Waals surface area contributed by atoms with Crippen molar-refractivity contribution in [1.82, 2.24) is 0 Å². The van der Waals surface area contributed by atoms with E-state index in [1.54, 1.807) is 0 Å². The van der Waals surface area contributed by atoms with Crippen LogP contribution >= 0.6 is 24.8 Å². The van der Waals surface area contributed by atoms with Crippen LogP contribution in [0.25, 0.3) is 0 Å². The molecule has 2 nitrogen and oxygen atoms in total. The standard InChI is InChI=1S/C4H10O2.2ClH/c1-2-3-4(5)6;;/h4-6H,2-3H2,1H3;2*1H. The van der Waals surface area contributed by atoms with Crippen LogP contribution in [0, 0.1) is 0 Å². The van der Waals surface area contributed by atoms with Gasteiger partial charge in [0.1, 0.15) is 0 Å². The maximum absolute atomic E-state index is 8.11. The molecule has 0 fully saturated rings. The molecule has 0 saturated carbocycles. The summed E-state index contributed by atoms with van der Waals surface area (Å²) in [6, 6.07) is 0. The highest BCUT2D eigenvalue weighted by atomic mass is 35.5. The lowest BCUT2D eigenvalue weighted by Gasteiger charge is -1.94. The van der Waals surface area contributed by atoms with Crippen molar-refractivity contribution in [3.8, 4) is 0 Å². The first-order valence-corrected chi connectivity index (χ1v) is 2.13. The normalized spacial score (nSPS) is 7.50. The summed E-state index contributed by atoms with van der Waals surface area (Å²) in [7, 11) is 0. The van der Waals surface area contributed by atoms with Gasteiger partial charge < -0.3 is 10.2 Å². The molecule has 0 aromatic heterocycles. The molecule has 0 aromatic rings. The van der Waals surface area contributed by atoms with Crippen molar-refractivity contribution in [1.29, 1.82) is 0 Å².